The summed E-state index contributed by atoms with van der Waals surface area (Å²) in [4.78, 5) is 12.0. The van der Waals surface area contributed by atoms with Crippen molar-refractivity contribution in [1.82, 2.24) is 0 Å². The van der Waals surface area contributed by atoms with Crippen molar-refractivity contribution in [2.75, 3.05) is 5.32 Å². The summed E-state index contributed by atoms with van der Waals surface area (Å²) in [5, 5.41) is 2.73. The largest absolute Gasteiger partial charge is 0.326 e. The first-order valence-corrected chi connectivity index (χ1v) is 5.96. The Bertz CT molecular complexity index is 611. The Morgan fingerprint density at radius 2 is 2.05 bits per heavy atom. The Morgan fingerprint density at radius 1 is 1.26 bits per heavy atom. The summed E-state index contributed by atoms with van der Waals surface area (Å²) in [6.45, 7) is 2.04. The lowest BCUT2D eigenvalue weighted by Crippen LogP contribution is -2.12. The van der Waals surface area contributed by atoms with E-state index in [9.17, 15) is 9.18 Å². The van der Waals surface area contributed by atoms with Gasteiger partial charge >= 0.3 is 0 Å². The Hall–Kier alpha value is -2.20. The number of rotatable bonds is 3. The summed E-state index contributed by atoms with van der Waals surface area (Å²) >= 11 is 0. The van der Waals surface area contributed by atoms with Gasteiger partial charge in [-0.15, -0.1) is 0 Å². The lowest BCUT2D eigenvalue weighted by atomic mass is 10.1. The fourth-order valence-corrected chi connectivity index (χ4v) is 1.77. The second-order valence-corrected chi connectivity index (χ2v) is 4.32. The van der Waals surface area contributed by atoms with Crippen LogP contribution >= 0.6 is 0 Å². The number of hydrogen-bond donors (Lipinski definition) is 2. The molecule has 3 N–H and O–H groups in total. The molecule has 0 saturated heterocycles. The van der Waals surface area contributed by atoms with E-state index in [0.717, 1.165) is 5.56 Å². The summed E-state index contributed by atoms with van der Waals surface area (Å²) in [6, 6.07) is 11.6. The summed E-state index contributed by atoms with van der Waals surface area (Å²) in [5.41, 5.74) is 8.02. The minimum Gasteiger partial charge on any atom is -0.326 e. The maximum atomic E-state index is 13.1. The molecule has 2 aromatic rings. The highest BCUT2D eigenvalue weighted by Gasteiger charge is 2.07. The number of hydrogen-bond acceptors (Lipinski definition) is 2. The second-order valence-electron chi connectivity index (χ2n) is 4.32. The van der Waals surface area contributed by atoms with Gasteiger partial charge in [-0.25, -0.2) is 4.39 Å². The van der Waals surface area contributed by atoms with Gasteiger partial charge in [-0.3, -0.25) is 4.79 Å². The van der Waals surface area contributed by atoms with Gasteiger partial charge in [0.1, 0.15) is 5.82 Å². The zero-order chi connectivity index (χ0) is 13.8. The average molecular weight is 258 g/mol. The number of carbonyl (C=O) groups is 1. The molecular weight excluding hydrogens is 243 g/mol. The molecule has 3 nitrogen and oxygen atoms in total. The normalized spacial score (nSPS) is 10.3. The van der Waals surface area contributed by atoms with Gasteiger partial charge in [-0.05, 0) is 48.4 Å². The van der Waals surface area contributed by atoms with Gasteiger partial charge in [-0.1, -0.05) is 12.1 Å². The zero-order valence-electron chi connectivity index (χ0n) is 10.6. The van der Waals surface area contributed by atoms with Gasteiger partial charge in [0.2, 0.25) is 0 Å². The SMILES string of the molecule is Cc1cc(NC(=O)c2cccc(CN)c2)ccc1F. The van der Waals surface area contributed by atoms with Crippen LogP contribution in [0.4, 0.5) is 10.1 Å². The maximum absolute atomic E-state index is 13.1. The molecule has 0 fully saturated rings. The van der Waals surface area contributed by atoms with Gasteiger partial charge in [0.15, 0.2) is 0 Å². The number of anilines is 1. The predicted octanol–water partition coefficient (Wildman–Crippen LogP) is 2.85. The minimum atomic E-state index is -0.289. The molecule has 0 bridgehead atoms. The van der Waals surface area contributed by atoms with Crippen molar-refractivity contribution >= 4 is 11.6 Å². The third kappa shape index (κ3) is 3.17. The maximum Gasteiger partial charge on any atom is 0.255 e. The van der Waals surface area contributed by atoms with E-state index in [0.29, 0.717) is 23.4 Å². The van der Waals surface area contributed by atoms with Crippen molar-refractivity contribution in [3.8, 4) is 0 Å². The van der Waals surface area contributed by atoms with Gasteiger partial charge in [0, 0.05) is 17.8 Å². The first kappa shape index (κ1) is 13.2. The van der Waals surface area contributed by atoms with Gasteiger partial charge in [-0.2, -0.15) is 0 Å². The van der Waals surface area contributed by atoms with Crippen LogP contribution in [0.1, 0.15) is 21.5 Å². The van der Waals surface area contributed by atoms with Crippen LogP contribution in [0.25, 0.3) is 0 Å². The van der Waals surface area contributed by atoms with Crippen LogP contribution in [0.5, 0.6) is 0 Å². The van der Waals surface area contributed by atoms with Gasteiger partial charge in [0.05, 0.1) is 0 Å². The number of aryl methyl sites for hydroxylation is 1. The number of carbonyl (C=O) groups excluding carboxylic acids is 1. The number of halogens is 1. The third-order valence-electron chi connectivity index (χ3n) is 2.84. The van der Waals surface area contributed by atoms with Crippen LogP contribution in [-0.2, 0) is 6.54 Å². The molecule has 0 aliphatic heterocycles. The van der Waals surface area contributed by atoms with Crippen molar-refractivity contribution in [2.45, 2.75) is 13.5 Å². The van der Waals surface area contributed by atoms with E-state index in [-0.39, 0.29) is 11.7 Å². The topological polar surface area (TPSA) is 55.1 Å². The first-order valence-electron chi connectivity index (χ1n) is 5.96. The minimum absolute atomic E-state index is 0.235. The Labute approximate surface area is 111 Å². The summed E-state index contributed by atoms with van der Waals surface area (Å²) in [6.07, 6.45) is 0. The number of benzene rings is 2. The molecule has 0 aromatic heterocycles. The molecule has 0 heterocycles. The van der Waals surface area contributed by atoms with Gasteiger partial charge < -0.3 is 11.1 Å². The molecule has 2 aromatic carbocycles. The quantitative estimate of drug-likeness (QED) is 0.889. The van der Waals surface area contributed by atoms with Crippen LogP contribution in [0.15, 0.2) is 42.5 Å². The smallest absolute Gasteiger partial charge is 0.255 e. The third-order valence-corrected chi connectivity index (χ3v) is 2.84. The molecular formula is C15H15FN2O. The van der Waals surface area contributed by atoms with Crippen LogP contribution in [0.3, 0.4) is 0 Å². The summed E-state index contributed by atoms with van der Waals surface area (Å²) in [7, 11) is 0. The van der Waals surface area contributed by atoms with Crippen LogP contribution in [-0.4, -0.2) is 5.91 Å². The lowest BCUT2D eigenvalue weighted by Gasteiger charge is -2.07. The van der Waals surface area contributed by atoms with Crippen molar-refractivity contribution < 1.29 is 9.18 Å². The van der Waals surface area contributed by atoms with Gasteiger partial charge in [0.25, 0.3) is 5.91 Å². The van der Waals surface area contributed by atoms with E-state index in [4.69, 9.17) is 5.73 Å². The van der Waals surface area contributed by atoms with Crippen molar-refractivity contribution in [2.24, 2.45) is 5.73 Å². The van der Waals surface area contributed by atoms with Crippen LogP contribution in [0, 0.1) is 12.7 Å². The van der Waals surface area contributed by atoms with E-state index in [1.165, 1.54) is 12.1 Å². The molecule has 2 rings (SSSR count). The number of amides is 1. The Kier molecular flexibility index (Phi) is 3.92. The van der Waals surface area contributed by atoms with E-state index in [1.54, 1.807) is 31.2 Å². The summed E-state index contributed by atoms with van der Waals surface area (Å²) < 4.78 is 13.1. The second kappa shape index (κ2) is 5.63. The Morgan fingerprint density at radius 3 is 2.74 bits per heavy atom. The predicted molar refractivity (Wildman–Crippen MR) is 73.4 cm³/mol. The van der Waals surface area contributed by atoms with E-state index < -0.39 is 0 Å². The van der Waals surface area contributed by atoms with E-state index >= 15 is 0 Å². The molecule has 0 aliphatic rings. The zero-order valence-corrected chi connectivity index (χ0v) is 10.6. The number of nitrogens with two attached hydrogens (primary N) is 1. The first-order chi connectivity index (χ1) is 9.10. The highest BCUT2D eigenvalue weighted by Crippen LogP contribution is 2.15. The van der Waals surface area contributed by atoms with Crippen LogP contribution in [0.2, 0.25) is 0 Å². The van der Waals surface area contributed by atoms with E-state index in [1.807, 2.05) is 6.07 Å². The van der Waals surface area contributed by atoms with Crippen molar-refractivity contribution in [3.63, 3.8) is 0 Å². The molecule has 1 amide bonds. The molecule has 0 atom stereocenters. The molecule has 98 valence electrons. The molecule has 0 unspecified atom stereocenters. The molecule has 0 aliphatic carbocycles. The standard InChI is InChI=1S/C15H15FN2O/c1-10-7-13(5-6-14(10)16)18-15(19)12-4-2-3-11(8-12)9-17/h2-8H,9,17H2,1H3,(H,18,19). The molecule has 4 heteroatoms. The molecule has 19 heavy (non-hydrogen) atoms. The number of nitrogens with one attached hydrogen (secondary N) is 1. The fourth-order valence-electron chi connectivity index (χ4n) is 1.77. The molecule has 0 radical (unpaired) electrons. The monoisotopic (exact) mass is 258 g/mol. The highest BCUT2D eigenvalue weighted by atomic mass is 19.1. The van der Waals surface area contributed by atoms with Crippen molar-refractivity contribution in [1.29, 1.82) is 0 Å². The average Bonchev–Trinajstić information content (AvgIpc) is 2.43. The van der Waals surface area contributed by atoms with Crippen LogP contribution < -0.4 is 11.1 Å². The lowest BCUT2D eigenvalue weighted by molar-refractivity contribution is 0.102. The summed E-state index contributed by atoms with van der Waals surface area (Å²) in [5.74, 6) is -0.524. The van der Waals surface area contributed by atoms with E-state index in [2.05, 4.69) is 5.32 Å². The molecule has 0 spiro atoms. The Balaban J connectivity index is 2.18. The molecule has 0 saturated carbocycles. The highest BCUT2D eigenvalue weighted by molar-refractivity contribution is 6.04. The fraction of sp³-hybridized carbons (Fsp3) is 0.133. The van der Waals surface area contributed by atoms with Crippen molar-refractivity contribution in [3.05, 3.63) is 65.0 Å².